The maximum absolute atomic E-state index is 12.6. The molecule has 0 bridgehead atoms. The van der Waals surface area contributed by atoms with E-state index in [-0.39, 0.29) is 25.5 Å². The molecular formula is C14H16O8P2S. The number of benzene rings is 2. The molecule has 2 rings (SSSR count). The quantitative estimate of drug-likeness (QED) is 0.442. The molecule has 0 aliphatic rings. The second kappa shape index (κ2) is 9.64. The molecule has 0 atom stereocenters. The van der Waals surface area contributed by atoms with Crippen LogP contribution in [0.2, 0.25) is 0 Å². The third kappa shape index (κ3) is 8.29. The SMILES string of the molecule is O=P(O)(O)OSOP(=O)(OCc1ccccc1)OCc1ccccc1. The van der Waals surface area contributed by atoms with Crippen molar-refractivity contribution >= 4 is 28.0 Å². The third-order valence-corrected chi connectivity index (χ3v) is 5.60. The molecule has 25 heavy (non-hydrogen) atoms. The average molecular weight is 406 g/mol. The van der Waals surface area contributed by atoms with Gasteiger partial charge in [-0.15, -0.1) is 0 Å². The molecule has 0 radical (unpaired) electrons. The normalized spacial score (nSPS) is 12.2. The molecule has 0 saturated carbocycles. The molecule has 2 aromatic rings. The summed E-state index contributed by atoms with van der Waals surface area (Å²) < 4.78 is 42.5. The van der Waals surface area contributed by atoms with E-state index in [2.05, 4.69) is 3.97 Å². The second-order valence-electron chi connectivity index (χ2n) is 4.67. The van der Waals surface area contributed by atoms with E-state index >= 15 is 0 Å². The van der Waals surface area contributed by atoms with Gasteiger partial charge in [0.25, 0.3) is 0 Å². The highest BCUT2D eigenvalue weighted by molar-refractivity contribution is 7.96. The van der Waals surface area contributed by atoms with Gasteiger partial charge in [0.15, 0.2) is 12.3 Å². The van der Waals surface area contributed by atoms with Crippen molar-refractivity contribution in [2.75, 3.05) is 0 Å². The van der Waals surface area contributed by atoms with Crippen LogP contribution in [0.1, 0.15) is 11.1 Å². The van der Waals surface area contributed by atoms with Gasteiger partial charge in [-0.25, -0.2) is 9.13 Å². The molecule has 0 fully saturated rings. The minimum atomic E-state index is -4.80. The first-order valence-corrected chi connectivity index (χ1v) is 10.6. The van der Waals surface area contributed by atoms with Crippen LogP contribution >= 0.6 is 28.0 Å². The Bertz CT molecular complexity index is 690. The highest BCUT2D eigenvalue weighted by Gasteiger charge is 2.30. The minimum absolute atomic E-state index is 0.0800. The van der Waals surface area contributed by atoms with Crippen molar-refractivity contribution in [1.29, 1.82) is 0 Å². The summed E-state index contributed by atoms with van der Waals surface area (Å²) in [5.41, 5.74) is 1.44. The summed E-state index contributed by atoms with van der Waals surface area (Å²) in [5.74, 6) is 0. The Balaban J connectivity index is 1.98. The molecule has 0 aromatic heterocycles. The number of phosphoric acid groups is 2. The number of hydrogen-bond donors (Lipinski definition) is 2. The predicted octanol–water partition coefficient (Wildman–Crippen LogP) is 4.22. The standard InChI is InChI=1S/C14H16O8P2S/c15-23(16,17)21-25-22-24(18,19-11-13-7-3-1-4-8-13)20-12-14-9-5-2-6-10-14/h1-10H,11-12H2,(H2,15,16,17). The Labute approximate surface area is 149 Å². The molecule has 11 heteroatoms. The van der Waals surface area contributed by atoms with Crippen LogP contribution in [-0.2, 0) is 39.3 Å². The van der Waals surface area contributed by atoms with E-state index in [1.807, 2.05) is 12.1 Å². The van der Waals surface area contributed by atoms with Crippen molar-refractivity contribution in [1.82, 2.24) is 0 Å². The fraction of sp³-hybridized carbons (Fsp3) is 0.143. The van der Waals surface area contributed by atoms with Crippen LogP contribution in [0.3, 0.4) is 0 Å². The van der Waals surface area contributed by atoms with Crippen molar-refractivity contribution in [3.63, 3.8) is 0 Å². The summed E-state index contributed by atoms with van der Waals surface area (Å²) in [5, 5.41) is 0. The van der Waals surface area contributed by atoms with Crippen molar-refractivity contribution in [3.05, 3.63) is 71.8 Å². The topological polar surface area (TPSA) is 112 Å². The minimum Gasteiger partial charge on any atom is -0.302 e. The van der Waals surface area contributed by atoms with Crippen LogP contribution in [0.15, 0.2) is 60.7 Å². The van der Waals surface area contributed by atoms with Gasteiger partial charge < -0.3 is 9.79 Å². The molecule has 0 amide bonds. The van der Waals surface area contributed by atoms with Gasteiger partial charge in [0.2, 0.25) is 0 Å². The Kier molecular flexibility index (Phi) is 7.83. The van der Waals surface area contributed by atoms with Crippen LogP contribution in [0.5, 0.6) is 0 Å². The predicted molar refractivity (Wildman–Crippen MR) is 91.9 cm³/mol. The van der Waals surface area contributed by atoms with Crippen molar-refractivity contribution < 1.29 is 35.9 Å². The molecule has 0 heterocycles. The lowest BCUT2D eigenvalue weighted by Gasteiger charge is -2.16. The van der Waals surface area contributed by atoms with E-state index in [1.54, 1.807) is 48.5 Å². The molecule has 0 saturated heterocycles. The van der Waals surface area contributed by atoms with Gasteiger partial charge in [-0.05, 0) is 11.1 Å². The first-order chi connectivity index (χ1) is 11.9. The van der Waals surface area contributed by atoms with E-state index in [1.165, 1.54) is 0 Å². The Hall–Kier alpha value is -0.990. The Morgan fingerprint density at radius 1 is 0.760 bits per heavy atom. The average Bonchev–Trinajstić information content (AvgIpc) is 2.59. The highest BCUT2D eigenvalue weighted by atomic mass is 32.2. The molecule has 136 valence electrons. The monoisotopic (exact) mass is 406 g/mol. The summed E-state index contributed by atoms with van der Waals surface area (Å²) in [6.07, 6.45) is 0. The number of hydrogen-bond acceptors (Lipinski definition) is 7. The maximum atomic E-state index is 12.6. The summed E-state index contributed by atoms with van der Waals surface area (Å²) in [6, 6.07) is 17.7. The van der Waals surface area contributed by atoms with Gasteiger partial charge >= 0.3 is 15.6 Å². The van der Waals surface area contributed by atoms with Crippen LogP contribution < -0.4 is 0 Å². The molecule has 2 aromatic carbocycles. The van der Waals surface area contributed by atoms with Gasteiger partial charge in [0, 0.05) is 0 Å². The van der Waals surface area contributed by atoms with Crippen LogP contribution in [0.4, 0.5) is 0 Å². The Morgan fingerprint density at radius 3 is 1.60 bits per heavy atom. The first kappa shape index (κ1) is 20.3. The molecule has 8 nitrogen and oxygen atoms in total. The molecule has 2 N–H and O–H groups in total. The molecule has 0 aliphatic carbocycles. The highest BCUT2D eigenvalue weighted by Crippen LogP contribution is 2.56. The lowest BCUT2D eigenvalue weighted by Crippen LogP contribution is -1.99. The zero-order valence-corrected chi connectivity index (χ0v) is 15.4. The third-order valence-electron chi connectivity index (χ3n) is 2.71. The second-order valence-corrected chi connectivity index (χ2v) is 8.39. The summed E-state index contributed by atoms with van der Waals surface area (Å²) in [7, 11) is -8.94. The van der Waals surface area contributed by atoms with E-state index in [9.17, 15) is 9.13 Å². The smallest absolute Gasteiger partial charge is 0.302 e. The van der Waals surface area contributed by atoms with Gasteiger partial charge in [0.1, 0.15) is 0 Å². The Morgan fingerprint density at radius 2 is 1.20 bits per heavy atom. The summed E-state index contributed by atoms with van der Waals surface area (Å²) in [4.78, 5) is 17.3. The van der Waals surface area contributed by atoms with Gasteiger partial charge in [0.05, 0.1) is 13.2 Å². The molecular weight excluding hydrogens is 390 g/mol. The van der Waals surface area contributed by atoms with E-state index in [0.29, 0.717) is 0 Å². The molecule has 0 spiro atoms. The van der Waals surface area contributed by atoms with Crippen molar-refractivity contribution in [3.8, 4) is 0 Å². The van der Waals surface area contributed by atoms with Crippen molar-refractivity contribution in [2.24, 2.45) is 0 Å². The van der Waals surface area contributed by atoms with E-state index in [0.717, 1.165) is 11.1 Å². The van der Waals surface area contributed by atoms with Crippen LogP contribution in [-0.4, -0.2) is 9.79 Å². The number of phosphoric ester groups is 1. The van der Waals surface area contributed by atoms with E-state index < -0.39 is 15.6 Å². The fourth-order valence-corrected chi connectivity index (χ4v) is 3.63. The zero-order chi connectivity index (χ0) is 18.2. The van der Waals surface area contributed by atoms with Gasteiger partial charge in [-0.1, -0.05) is 60.7 Å². The van der Waals surface area contributed by atoms with Gasteiger partial charge in [-0.2, -0.15) is 7.94 Å². The number of rotatable bonds is 10. The van der Waals surface area contributed by atoms with E-state index in [4.69, 9.17) is 22.8 Å². The largest absolute Gasteiger partial charge is 0.488 e. The molecule has 0 aliphatic heterocycles. The summed E-state index contributed by atoms with van der Waals surface area (Å²) in [6.45, 7) is -0.160. The van der Waals surface area contributed by atoms with Gasteiger partial charge in [-0.3, -0.25) is 9.05 Å². The fourth-order valence-electron chi connectivity index (χ4n) is 1.63. The van der Waals surface area contributed by atoms with Crippen molar-refractivity contribution in [2.45, 2.75) is 13.2 Å². The lowest BCUT2D eigenvalue weighted by molar-refractivity contribution is 0.147. The van der Waals surface area contributed by atoms with Crippen LogP contribution in [0, 0.1) is 0 Å². The summed E-state index contributed by atoms with van der Waals surface area (Å²) >= 11 is -0.139. The van der Waals surface area contributed by atoms with Crippen LogP contribution in [0.25, 0.3) is 0 Å². The molecule has 0 unspecified atom stereocenters. The lowest BCUT2D eigenvalue weighted by atomic mass is 10.2. The zero-order valence-electron chi connectivity index (χ0n) is 12.8. The first-order valence-electron chi connectivity index (χ1n) is 6.93. The maximum Gasteiger partial charge on any atom is 0.488 e.